The first kappa shape index (κ1) is 16.1. The molecule has 0 aromatic carbocycles. The highest BCUT2D eigenvalue weighted by Gasteiger charge is 2.27. The predicted molar refractivity (Wildman–Crippen MR) is 91.9 cm³/mol. The number of likely N-dealkylation sites (tertiary alicyclic amines) is 1. The Bertz CT molecular complexity index is 754. The van der Waals surface area contributed by atoms with Crippen molar-refractivity contribution < 1.29 is 4.79 Å². The number of aromatic nitrogens is 3. The van der Waals surface area contributed by atoms with E-state index < -0.39 is 0 Å². The number of nitrogens with zero attached hydrogens (tertiary/aromatic N) is 4. The van der Waals surface area contributed by atoms with Crippen LogP contribution in [0, 0.1) is 6.92 Å². The number of halogens is 1. The minimum Gasteiger partial charge on any atom is -0.381 e. The van der Waals surface area contributed by atoms with E-state index in [-0.39, 0.29) is 18.0 Å². The summed E-state index contributed by atoms with van der Waals surface area (Å²) in [7, 11) is 1.86. The molecule has 1 aliphatic rings. The highest BCUT2D eigenvalue weighted by molar-refractivity contribution is 6.30. The third-order valence-corrected chi connectivity index (χ3v) is 4.63. The lowest BCUT2D eigenvalue weighted by atomic mass is 10.2. The Labute approximate surface area is 140 Å². The minimum atomic E-state index is 0.206. The quantitative estimate of drug-likeness (QED) is 0.872. The van der Waals surface area contributed by atoms with Crippen molar-refractivity contribution in [1.29, 1.82) is 0 Å². The first-order valence-electron chi connectivity index (χ1n) is 7.93. The molecule has 1 atom stereocenters. The van der Waals surface area contributed by atoms with E-state index >= 15 is 0 Å². The van der Waals surface area contributed by atoms with Crippen LogP contribution in [-0.4, -0.2) is 45.2 Å². The molecule has 0 saturated carbocycles. The Balaban J connectivity index is 1.95. The van der Waals surface area contributed by atoms with Crippen LogP contribution in [0.2, 0.25) is 5.15 Å². The summed E-state index contributed by atoms with van der Waals surface area (Å²) in [5, 5.41) is 8.49. The van der Waals surface area contributed by atoms with E-state index in [1.165, 1.54) is 0 Å². The van der Waals surface area contributed by atoms with Gasteiger partial charge in [-0.2, -0.15) is 5.10 Å². The summed E-state index contributed by atoms with van der Waals surface area (Å²) in [5.74, 6) is 0.206. The van der Waals surface area contributed by atoms with Crippen LogP contribution >= 0.6 is 11.6 Å². The monoisotopic (exact) mass is 335 g/mol. The fraction of sp³-hybridized carbons (Fsp3) is 0.562. The van der Waals surface area contributed by atoms with Gasteiger partial charge in [-0.15, -0.1) is 0 Å². The number of pyridine rings is 1. The zero-order chi connectivity index (χ0) is 16.7. The van der Waals surface area contributed by atoms with Crippen molar-refractivity contribution in [2.75, 3.05) is 18.9 Å². The van der Waals surface area contributed by atoms with Crippen molar-refractivity contribution in [2.24, 2.45) is 0 Å². The van der Waals surface area contributed by atoms with Gasteiger partial charge in [-0.05, 0) is 27.2 Å². The van der Waals surface area contributed by atoms with Gasteiger partial charge in [0.1, 0.15) is 16.2 Å². The normalized spacial score (nSPS) is 18.4. The fourth-order valence-electron chi connectivity index (χ4n) is 3.09. The molecule has 7 heteroatoms. The van der Waals surface area contributed by atoms with Gasteiger partial charge in [0.25, 0.3) is 0 Å². The second kappa shape index (κ2) is 6.00. The lowest BCUT2D eigenvalue weighted by Gasteiger charge is -2.21. The number of hydrogen-bond donors (Lipinski definition) is 1. The molecule has 0 aliphatic carbocycles. The van der Waals surface area contributed by atoms with Crippen LogP contribution in [0.1, 0.15) is 38.4 Å². The summed E-state index contributed by atoms with van der Waals surface area (Å²) in [6, 6.07) is 2.27. The molecule has 2 aromatic heterocycles. The average Bonchev–Trinajstić information content (AvgIpc) is 2.99. The maximum Gasteiger partial charge on any atom is 0.222 e. The number of carbonyl (C=O) groups is 1. The van der Waals surface area contributed by atoms with Gasteiger partial charge in [-0.25, -0.2) is 4.98 Å². The van der Waals surface area contributed by atoms with Crippen molar-refractivity contribution in [3.05, 3.63) is 16.9 Å². The molecule has 23 heavy (non-hydrogen) atoms. The van der Waals surface area contributed by atoms with Gasteiger partial charge in [0.05, 0.1) is 11.4 Å². The summed E-state index contributed by atoms with van der Waals surface area (Å²) in [6.45, 7) is 6.82. The zero-order valence-corrected chi connectivity index (χ0v) is 14.7. The molecule has 0 spiro atoms. The second-order valence-corrected chi connectivity index (χ2v) is 6.78. The summed E-state index contributed by atoms with van der Waals surface area (Å²) in [4.78, 5) is 17.9. The van der Waals surface area contributed by atoms with Crippen LogP contribution in [0.3, 0.4) is 0 Å². The minimum absolute atomic E-state index is 0.206. The van der Waals surface area contributed by atoms with Crippen molar-refractivity contribution in [2.45, 2.75) is 45.7 Å². The van der Waals surface area contributed by atoms with E-state index in [2.05, 4.69) is 29.2 Å². The summed E-state index contributed by atoms with van der Waals surface area (Å²) in [5.41, 5.74) is 3.58. The number of amides is 1. The highest BCUT2D eigenvalue weighted by atomic mass is 35.5. The third kappa shape index (κ3) is 2.87. The Morgan fingerprint density at radius 3 is 2.83 bits per heavy atom. The number of anilines is 1. The molecule has 1 saturated heterocycles. The largest absolute Gasteiger partial charge is 0.381 e. The molecular formula is C16H22ClN5O. The maximum absolute atomic E-state index is 11.7. The number of likely N-dealkylation sites (N-methyl/N-ethyl adjacent to an activating group) is 1. The molecule has 1 N–H and O–H groups in total. The summed E-state index contributed by atoms with van der Waals surface area (Å²) in [6.07, 6.45) is 1.51. The van der Waals surface area contributed by atoms with Crippen molar-refractivity contribution in [3.8, 4) is 0 Å². The zero-order valence-electron chi connectivity index (χ0n) is 13.9. The number of hydrogen-bond acceptors (Lipinski definition) is 4. The Kier molecular flexibility index (Phi) is 4.19. The second-order valence-electron chi connectivity index (χ2n) is 6.39. The number of aryl methyl sites for hydroxylation is 1. The topological polar surface area (TPSA) is 63.1 Å². The van der Waals surface area contributed by atoms with E-state index in [1.54, 1.807) is 0 Å². The van der Waals surface area contributed by atoms with Crippen LogP contribution in [-0.2, 0) is 4.79 Å². The first-order chi connectivity index (χ1) is 10.9. The van der Waals surface area contributed by atoms with Crippen LogP contribution in [0.5, 0.6) is 0 Å². The van der Waals surface area contributed by atoms with Gasteiger partial charge >= 0.3 is 0 Å². The maximum atomic E-state index is 11.7. The fourth-order valence-corrected chi connectivity index (χ4v) is 3.28. The standard InChI is InChI=1S/C16H22ClN5O/c1-9(2)22-16-12(7-13(17)19-15(16)10(3)20-22)18-8-11-5-6-14(23)21(11)4/h7,9,11H,5-6,8H2,1-4H3,(H,18,19). The Morgan fingerprint density at radius 2 is 2.22 bits per heavy atom. The molecule has 1 aliphatic heterocycles. The van der Waals surface area contributed by atoms with E-state index in [0.29, 0.717) is 18.1 Å². The lowest BCUT2D eigenvalue weighted by Crippen LogP contribution is -2.34. The lowest BCUT2D eigenvalue weighted by molar-refractivity contribution is -0.127. The van der Waals surface area contributed by atoms with E-state index in [9.17, 15) is 4.79 Å². The summed E-state index contributed by atoms with van der Waals surface area (Å²) >= 11 is 6.18. The summed E-state index contributed by atoms with van der Waals surface area (Å²) < 4.78 is 1.97. The van der Waals surface area contributed by atoms with Crippen LogP contribution in [0.25, 0.3) is 11.0 Å². The van der Waals surface area contributed by atoms with Gasteiger partial charge in [0.15, 0.2) is 0 Å². The molecule has 3 rings (SSSR count). The van der Waals surface area contributed by atoms with Crippen molar-refractivity contribution in [1.82, 2.24) is 19.7 Å². The van der Waals surface area contributed by atoms with Crippen LogP contribution in [0.4, 0.5) is 5.69 Å². The van der Waals surface area contributed by atoms with Crippen LogP contribution < -0.4 is 5.32 Å². The molecular weight excluding hydrogens is 314 g/mol. The van der Waals surface area contributed by atoms with Gasteiger partial charge in [0, 0.05) is 38.2 Å². The van der Waals surface area contributed by atoms with Crippen molar-refractivity contribution in [3.63, 3.8) is 0 Å². The number of rotatable bonds is 4. The molecule has 1 amide bonds. The molecule has 0 radical (unpaired) electrons. The van der Waals surface area contributed by atoms with E-state index in [4.69, 9.17) is 11.6 Å². The first-order valence-corrected chi connectivity index (χ1v) is 8.31. The average molecular weight is 336 g/mol. The number of nitrogens with one attached hydrogen (secondary N) is 1. The molecule has 3 heterocycles. The SMILES string of the molecule is Cc1nn(C(C)C)c2c(NCC3CCC(=O)N3C)cc(Cl)nc12. The van der Waals surface area contributed by atoms with Gasteiger partial charge in [-0.1, -0.05) is 11.6 Å². The smallest absolute Gasteiger partial charge is 0.222 e. The van der Waals surface area contributed by atoms with Gasteiger partial charge in [-0.3, -0.25) is 9.48 Å². The molecule has 1 fully saturated rings. The van der Waals surface area contributed by atoms with Crippen molar-refractivity contribution >= 4 is 34.2 Å². The predicted octanol–water partition coefficient (Wildman–Crippen LogP) is 3.01. The Hall–Kier alpha value is -1.82. The number of carbonyl (C=O) groups excluding carboxylic acids is 1. The van der Waals surface area contributed by atoms with E-state index in [0.717, 1.165) is 28.8 Å². The van der Waals surface area contributed by atoms with Crippen LogP contribution in [0.15, 0.2) is 6.07 Å². The highest BCUT2D eigenvalue weighted by Crippen LogP contribution is 2.30. The molecule has 0 bridgehead atoms. The molecule has 2 aromatic rings. The van der Waals surface area contributed by atoms with Gasteiger partial charge < -0.3 is 10.2 Å². The number of fused-ring (bicyclic) bond motifs is 1. The molecule has 1 unspecified atom stereocenters. The third-order valence-electron chi connectivity index (χ3n) is 4.44. The van der Waals surface area contributed by atoms with Gasteiger partial charge in [0.2, 0.25) is 5.91 Å². The van der Waals surface area contributed by atoms with E-state index in [1.807, 2.05) is 29.6 Å². The molecule has 124 valence electrons. The Morgan fingerprint density at radius 1 is 1.48 bits per heavy atom. The molecule has 6 nitrogen and oxygen atoms in total.